The Balaban J connectivity index is 1.79. The van der Waals surface area contributed by atoms with Crippen LogP contribution in [0.2, 0.25) is 0 Å². The number of methoxy groups -OCH3 is 1. The van der Waals surface area contributed by atoms with Crippen molar-refractivity contribution in [2.45, 2.75) is 18.9 Å². The smallest absolute Gasteiger partial charge is 0.336 e. The fourth-order valence-electron chi connectivity index (χ4n) is 4.39. The van der Waals surface area contributed by atoms with Crippen molar-refractivity contribution in [3.63, 3.8) is 0 Å². The Morgan fingerprint density at radius 2 is 1.61 bits per heavy atom. The third kappa shape index (κ3) is 4.40. The summed E-state index contributed by atoms with van der Waals surface area (Å²) in [5, 5.41) is 5.61. The van der Waals surface area contributed by atoms with E-state index < -0.39 is 64.0 Å². The highest BCUT2D eigenvalue weighted by Crippen LogP contribution is 2.43. The van der Waals surface area contributed by atoms with Gasteiger partial charge in [-0.05, 0) is 12.5 Å². The van der Waals surface area contributed by atoms with Crippen LogP contribution in [0.25, 0.3) is 0 Å². The highest BCUT2D eigenvalue weighted by molar-refractivity contribution is 6.04. The number of halogens is 5. The molecular weight excluding hydrogens is 487 g/mol. The average Bonchev–Trinajstić information content (AvgIpc) is 2.87. The van der Waals surface area contributed by atoms with Gasteiger partial charge in [-0.3, -0.25) is 4.79 Å². The summed E-state index contributed by atoms with van der Waals surface area (Å²) in [5.41, 5.74) is -1.15. The van der Waals surface area contributed by atoms with Crippen molar-refractivity contribution in [3.05, 3.63) is 93.1 Å². The Hall–Kier alpha value is -3.57. The van der Waals surface area contributed by atoms with Crippen LogP contribution in [-0.4, -0.2) is 38.6 Å². The lowest BCUT2D eigenvalue weighted by Crippen LogP contribution is -2.43. The Kier molecular flexibility index (Phi) is 7.23. The lowest BCUT2D eigenvalue weighted by atomic mass is 9.77. The molecule has 0 amide bonds. The van der Waals surface area contributed by atoms with Gasteiger partial charge in [-0.1, -0.05) is 30.3 Å². The first kappa shape index (κ1) is 25.5. The van der Waals surface area contributed by atoms with E-state index in [1.165, 1.54) is 14.0 Å². The van der Waals surface area contributed by atoms with Gasteiger partial charge >= 0.3 is 5.97 Å². The number of allylic oxidation sites excluding steroid dienone is 1. The normalized spacial score (nSPS) is 18.6. The van der Waals surface area contributed by atoms with Crippen molar-refractivity contribution in [2.75, 3.05) is 26.8 Å². The molecule has 2 aromatic rings. The molecule has 190 valence electrons. The van der Waals surface area contributed by atoms with Gasteiger partial charge in [-0.15, -0.1) is 0 Å². The Labute approximate surface area is 202 Å². The molecule has 0 aromatic heterocycles. The van der Waals surface area contributed by atoms with Crippen molar-refractivity contribution in [2.24, 2.45) is 0 Å². The van der Waals surface area contributed by atoms with Crippen LogP contribution >= 0.6 is 0 Å². The largest absolute Gasteiger partial charge is 0.459 e. The molecule has 0 fully saturated rings. The topological polar surface area (TPSA) is 76.7 Å². The quantitative estimate of drug-likeness (QED) is 0.268. The lowest BCUT2D eigenvalue weighted by molar-refractivity contribution is -0.143. The maximum absolute atomic E-state index is 14.9. The van der Waals surface area contributed by atoms with Gasteiger partial charge in [-0.2, -0.15) is 0 Å². The van der Waals surface area contributed by atoms with Gasteiger partial charge in [0.25, 0.3) is 0 Å². The number of ketones is 1. The minimum atomic E-state index is -2.34. The van der Waals surface area contributed by atoms with Crippen molar-refractivity contribution in [3.8, 4) is 0 Å². The molecule has 2 unspecified atom stereocenters. The van der Waals surface area contributed by atoms with Gasteiger partial charge in [0, 0.05) is 36.2 Å². The van der Waals surface area contributed by atoms with Gasteiger partial charge in [0.15, 0.2) is 29.1 Å². The van der Waals surface area contributed by atoms with Gasteiger partial charge in [0.2, 0.25) is 5.82 Å². The van der Waals surface area contributed by atoms with Crippen molar-refractivity contribution < 1.29 is 41.0 Å². The standard InChI is InChI=1S/C25H21F5N2O4/c1-11-16(25(34)36-10-15(35-2)12-6-4-3-5-7-12)18(17-13(32-11)8-31-9-14(17)33)19-20(26)22(28)24(30)23(29)21(19)27/h3-7,15,18,31-32H,8-10H2,1-2H3. The third-order valence-electron chi connectivity index (χ3n) is 6.11. The predicted octanol–water partition coefficient (Wildman–Crippen LogP) is 3.70. The number of esters is 1. The third-order valence-corrected chi connectivity index (χ3v) is 6.11. The van der Waals surface area contributed by atoms with E-state index in [0.717, 1.165) is 0 Å². The molecule has 4 rings (SSSR count). The zero-order valence-electron chi connectivity index (χ0n) is 19.2. The van der Waals surface area contributed by atoms with Crippen molar-refractivity contribution >= 4 is 11.8 Å². The highest BCUT2D eigenvalue weighted by atomic mass is 19.2. The van der Waals surface area contributed by atoms with Gasteiger partial charge in [-0.25, -0.2) is 26.7 Å². The van der Waals surface area contributed by atoms with E-state index in [0.29, 0.717) is 5.56 Å². The van der Waals surface area contributed by atoms with Crippen LogP contribution in [0.3, 0.4) is 0 Å². The molecule has 36 heavy (non-hydrogen) atoms. The van der Waals surface area contributed by atoms with E-state index in [4.69, 9.17) is 9.47 Å². The molecule has 11 heteroatoms. The van der Waals surface area contributed by atoms with Gasteiger partial charge in [0.05, 0.1) is 18.0 Å². The molecule has 6 nitrogen and oxygen atoms in total. The fourth-order valence-corrected chi connectivity index (χ4v) is 4.39. The minimum Gasteiger partial charge on any atom is -0.459 e. The monoisotopic (exact) mass is 508 g/mol. The van der Waals surface area contributed by atoms with Crippen molar-refractivity contribution in [1.82, 2.24) is 10.6 Å². The average molecular weight is 508 g/mol. The minimum absolute atomic E-state index is 0.0397. The Morgan fingerprint density at radius 1 is 1.00 bits per heavy atom. The van der Waals surface area contributed by atoms with Crippen LogP contribution in [0.5, 0.6) is 0 Å². The number of hydrogen-bond acceptors (Lipinski definition) is 6. The first-order valence-electron chi connectivity index (χ1n) is 10.9. The Morgan fingerprint density at radius 3 is 2.22 bits per heavy atom. The molecule has 0 bridgehead atoms. The number of benzene rings is 2. The van der Waals surface area contributed by atoms with Crippen LogP contribution in [0.1, 0.15) is 30.1 Å². The summed E-state index contributed by atoms with van der Waals surface area (Å²) in [6, 6.07) is 8.74. The molecule has 2 aliphatic heterocycles. The van der Waals surface area contributed by atoms with Gasteiger partial charge in [0.1, 0.15) is 12.7 Å². The van der Waals surface area contributed by atoms with Crippen LogP contribution in [0.4, 0.5) is 22.0 Å². The highest BCUT2D eigenvalue weighted by Gasteiger charge is 2.44. The van der Waals surface area contributed by atoms with E-state index in [-0.39, 0.29) is 36.7 Å². The fraction of sp³-hybridized carbons (Fsp3) is 0.280. The molecule has 2 heterocycles. The molecule has 0 saturated carbocycles. The summed E-state index contributed by atoms with van der Waals surface area (Å²) in [6.45, 7) is 0.852. The summed E-state index contributed by atoms with van der Waals surface area (Å²) >= 11 is 0. The van der Waals surface area contributed by atoms with E-state index >= 15 is 0 Å². The number of ether oxygens (including phenoxy) is 2. The van der Waals surface area contributed by atoms with Crippen LogP contribution in [0.15, 0.2) is 52.9 Å². The maximum atomic E-state index is 14.9. The zero-order chi connectivity index (χ0) is 26.1. The van der Waals surface area contributed by atoms with E-state index in [1.54, 1.807) is 30.3 Å². The number of hydrogen-bond donors (Lipinski definition) is 2. The first-order valence-corrected chi connectivity index (χ1v) is 10.9. The molecule has 2 aliphatic rings. The number of carbonyl (C=O) groups is 2. The molecular formula is C25H21F5N2O4. The molecule has 2 aromatic carbocycles. The first-order chi connectivity index (χ1) is 17.2. The van der Waals surface area contributed by atoms with Crippen LogP contribution in [0, 0.1) is 29.1 Å². The second-order valence-corrected chi connectivity index (χ2v) is 8.23. The lowest BCUT2D eigenvalue weighted by Gasteiger charge is -2.34. The number of dihydropyridines is 1. The molecule has 0 radical (unpaired) electrons. The molecule has 0 saturated heterocycles. The second kappa shape index (κ2) is 10.2. The molecule has 2 N–H and O–H groups in total. The number of rotatable bonds is 6. The summed E-state index contributed by atoms with van der Waals surface area (Å²) in [5.74, 6) is -14.6. The van der Waals surface area contributed by atoms with Gasteiger partial charge < -0.3 is 20.1 Å². The zero-order valence-corrected chi connectivity index (χ0v) is 19.2. The van der Waals surface area contributed by atoms with E-state index in [2.05, 4.69) is 10.6 Å². The maximum Gasteiger partial charge on any atom is 0.336 e. The summed E-state index contributed by atoms with van der Waals surface area (Å²) in [6.07, 6.45) is -0.699. The number of nitrogens with one attached hydrogen (secondary N) is 2. The summed E-state index contributed by atoms with van der Waals surface area (Å²) in [7, 11) is 1.39. The van der Waals surface area contributed by atoms with Crippen molar-refractivity contribution in [1.29, 1.82) is 0 Å². The molecule has 0 spiro atoms. The second-order valence-electron chi connectivity index (χ2n) is 8.23. The number of carbonyl (C=O) groups excluding carboxylic acids is 2. The summed E-state index contributed by atoms with van der Waals surface area (Å²) < 4.78 is 82.7. The van der Waals surface area contributed by atoms with Crippen LogP contribution < -0.4 is 10.6 Å². The van der Waals surface area contributed by atoms with E-state index in [9.17, 15) is 31.5 Å². The molecule has 2 atom stereocenters. The number of Topliss-reactive ketones (excluding diaryl/α,β-unsaturated/α-hetero) is 1. The van der Waals surface area contributed by atoms with E-state index in [1.807, 2.05) is 0 Å². The molecule has 0 aliphatic carbocycles. The Bertz CT molecular complexity index is 1260. The van der Waals surface area contributed by atoms with Crippen LogP contribution in [-0.2, 0) is 19.1 Å². The SMILES string of the molecule is COC(COC(=O)C1=C(C)NC2=C(C(=O)CNC2)C1c1c(F)c(F)c(F)c(F)c1F)c1ccccc1. The summed E-state index contributed by atoms with van der Waals surface area (Å²) in [4.78, 5) is 26.0. The predicted molar refractivity (Wildman–Crippen MR) is 117 cm³/mol.